The van der Waals surface area contributed by atoms with Gasteiger partial charge in [0.15, 0.2) is 5.79 Å². The van der Waals surface area contributed by atoms with E-state index in [1.807, 2.05) is 13.8 Å². The summed E-state index contributed by atoms with van der Waals surface area (Å²) < 4.78 is 11.2. The lowest BCUT2D eigenvalue weighted by Crippen LogP contribution is -2.52. The third-order valence-corrected chi connectivity index (χ3v) is 3.40. The standard InChI is InChI=1S/C12H20N2O2/c1-12(2)15-7-10(8-16-12)14-11-5-3-4-9(11)6-13/h9-11,14H,3-5,7-8H2,1-2H3. The largest absolute Gasteiger partial charge is 0.349 e. The van der Waals surface area contributed by atoms with Crippen LogP contribution in [0.4, 0.5) is 0 Å². The fourth-order valence-electron chi connectivity index (χ4n) is 2.41. The molecule has 2 aliphatic rings. The van der Waals surface area contributed by atoms with Crippen LogP contribution in [0.15, 0.2) is 0 Å². The first-order chi connectivity index (χ1) is 7.61. The van der Waals surface area contributed by atoms with E-state index in [-0.39, 0.29) is 12.0 Å². The summed E-state index contributed by atoms with van der Waals surface area (Å²) in [5.74, 6) is -0.294. The molecule has 0 aromatic rings. The minimum atomic E-state index is -0.456. The van der Waals surface area contributed by atoms with Crippen LogP contribution in [-0.2, 0) is 9.47 Å². The first-order valence-corrected chi connectivity index (χ1v) is 6.04. The van der Waals surface area contributed by atoms with Crippen LogP contribution in [0.25, 0.3) is 0 Å². The highest BCUT2D eigenvalue weighted by Gasteiger charge is 2.33. The summed E-state index contributed by atoms with van der Waals surface area (Å²) in [6.45, 7) is 5.19. The molecule has 1 N–H and O–H groups in total. The fourth-order valence-corrected chi connectivity index (χ4v) is 2.41. The van der Waals surface area contributed by atoms with Crippen molar-refractivity contribution in [3.8, 4) is 6.07 Å². The topological polar surface area (TPSA) is 54.3 Å². The molecule has 2 unspecified atom stereocenters. The molecule has 2 rings (SSSR count). The van der Waals surface area contributed by atoms with Gasteiger partial charge in [0.1, 0.15) is 0 Å². The van der Waals surface area contributed by atoms with E-state index in [2.05, 4.69) is 11.4 Å². The smallest absolute Gasteiger partial charge is 0.162 e. The number of ether oxygens (including phenoxy) is 2. The zero-order valence-electron chi connectivity index (χ0n) is 10.0. The van der Waals surface area contributed by atoms with Gasteiger partial charge in [-0.1, -0.05) is 6.42 Å². The molecule has 0 aromatic carbocycles. The lowest BCUT2D eigenvalue weighted by atomic mass is 10.0. The van der Waals surface area contributed by atoms with E-state index in [1.165, 1.54) is 0 Å². The molecule has 90 valence electrons. The zero-order valence-corrected chi connectivity index (χ0v) is 10.0. The Bertz CT molecular complexity index is 275. The van der Waals surface area contributed by atoms with Crippen LogP contribution in [0.5, 0.6) is 0 Å². The molecule has 0 radical (unpaired) electrons. The molecule has 4 nitrogen and oxygen atoms in total. The molecule has 1 aliphatic heterocycles. The van der Waals surface area contributed by atoms with Gasteiger partial charge in [0.25, 0.3) is 0 Å². The predicted octanol–water partition coefficient (Wildman–Crippen LogP) is 1.42. The molecule has 0 bridgehead atoms. The first-order valence-electron chi connectivity index (χ1n) is 6.04. The molecule has 1 saturated heterocycles. The van der Waals surface area contributed by atoms with Crippen molar-refractivity contribution in [3.63, 3.8) is 0 Å². The highest BCUT2D eigenvalue weighted by atomic mass is 16.7. The van der Waals surface area contributed by atoms with Crippen molar-refractivity contribution >= 4 is 0 Å². The summed E-state index contributed by atoms with van der Waals surface area (Å²) in [7, 11) is 0. The van der Waals surface area contributed by atoms with Crippen LogP contribution in [-0.4, -0.2) is 31.1 Å². The van der Waals surface area contributed by atoms with E-state index in [0.29, 0.717) is 19.3 Å². The van der Waals surface area contributed by atoms with E-state index >= 15 is 0 Å². The normalized spacial score (nSPS) is 34.8. The monoisotopic (exact) mass is 224 g/mol. The number of hydrogen-bond acceptors (Lipinski definition) is 4. The van der Waals surface area contributed by atoms with Crippen LogP contribution in [0.1, 0.15) is 33.1 Å². The van der Waals surface area contributed by atoms with Gasteiger partial charge in [-0.2, -0.15) is 5.26 Å². The summed E-state index contributed by atoms with van der Waals surface area (Å²) >= 11 is 0. The van der Waals surface area contributed by atoms with Gasteiger partial charge in [0, 0.05) is 6.04 Å². The maximum Gasteiger partial charge on any atom is 0.162 e. The third-order valence-electron chi connectivity index (χ3n) is 3.40. The molecule has 0 amide bonds. The van der Waals surface area contributed by atoms with Crippen molar-refractivity contribution in [2.45, 2.75) is 51.0 Å². The number of nitrogens with one attached hydrogen (secondary N) is 1. The second-order valence-corrected chi connectivity index (χ2v) is 5.16. The molecule has 2 fully saturated rings. The summed E-state index contributed by atoms with van der Waals surface area (Å²) in [6, 6.07) is 2.93. The molecule has 0 aromatic heterocycles. The average molecular weight is 224 g/mol. The van der Waals surface area contributed by atoms with E-state index in [4.69, 9.17) is 14.7 Å². The van der Waals surface area contributed by atoms with Gasteiger partial charge in [-0.25, -0.2) is 0 Å². The van der Waals surface area contributed by atoms with Gasteiger partial charge >= 0.3 is 0 Å². The highest BCUT2D eigenvalue weighted by Crippen LogP contribution is 2.26. The zero-order chi connectivity index (χ0) is 11.6. The SMILES string of the molecule is CC1(C)OCC(NC2CCCC2C#N)CO1. The molecule has 1 heterocycles. The van der Waals surface area contributed by atoms with Gasteiger partial charge in [-0.15, -0.1) is 0 Å². The Kier molecular flexibility index (Phi) is 3.48. The molecule has 1 saturated carbocycles. The van der Waals surface area contributed by atoms with Crippen LogP contribution in [0, 0.1) is 17.2 Å². The molecular weight excluding hydrogens is 204 g/mol. The lowest BCUT2D eigenvalue weighted by Gasteiger charge is -2.36. The summed E-state index contributed by atoms with van der Waals surface area (Å²) in [5.41, 5.74) is 0. The quantitative estimate of drug-likeness (QED) is 0.770. The Morgan fingerprint density at radius 2 is 1.94 bits per heavy atom. The Morgan fingerprint density at radius 3 is 2.56 bits per heavy atom. The number of rotatable bonds is 2. The van der Waals surface area contributed by atoms with E-state index < -0.39 is 5.79 Å². The third kappa shape index (κ3) is 2.73. The Hall–Kier alpha value is -0.630. The van der Waals surface area contributed by atoms with Crippen LogP contribution < -0.4 is 5.32 Å². The van der Waals surface area contributed by atoms with Crippen molar-refractivity contribution in [3.05, 3.63) is 0 Å². The lowest BCUT2D eigenvalue weighted by molar-refractivity contribution is -0.253. The average Bonchev–Trinajstić information content (AvgIpc) is 2.68. The first kappa shape index (κ1) is 11.8. The second kappa shape index (κ2) is 4.70. The van der Waals surface area contributed by atoms with E-state index in [1.54, 1.807) is 0 Å². The minimum absolute atomic E-state index is 0.162. The number of hydrogen-bond donors (Lipinski definition) is 1. The Balaban J connectivity index is 1.81. The Labute approximate surface area is 96.9 Å². The van der Waals surface area contributed by atoms with E-state index in [9.17, 15) is 0 Å². The van der Waals surface area contributed by atoms with Gasteiger partial charge in [-0.3, -0.25) is 0 Å². The fraction of sp³-hybridized carbons (Fsp3) is 0.917. The highest BCUT2D eigenvalue weighted by molar-refractivity contribution is 4.97. The van der Waals surface area contributed by atoms with Crippen LogP contribution in [0.2, 0.25) is 0 Å². The second-order valence-electron chi connectivity index (χ2n) is 5.16. The van der Waals surface area contributed by atoms with E-state index in [0.717, 1.165) is 19.3 Å². The van der Waals surface area contributed by atoms with Crippen molar-refractivity contribution in [2.24, 2.45) is 5.92 Å². The van der Waals surface area contributed by atoms with Crippen LogP contribution in [0.3, 0.4) is 0 Å². The van der Waals surface area contributed by atoms with Crippen LogP contribution >= 0.6 is 0 Å². The molecule has 0 spiro atoms. The minimum Gasteiger partial charge on any atom is -0.349 e. The predicted molar refractivity (Wildman–Crippen MR) is 59.6 cm³/mol. The number of nitriles is 1. The summed E-state index contributed by atoms with van der Waals surface area (Å²) in [4.78, 5) is 0. The van der Waals surface area contributed by atoms with Crippen molar-refractivity contribution < 1.29 is 9.47 Å². The maximum atomic E-state index is 9.00. The van der Waals surface area contributed by atoms with Crippen molar-refractivity contribution in [2.75, 3.05) is 13.2 Å². The molecule has 2 atom stereocenters. The van der Waals surface area contributed by atoms with Gasteiger partial charge < -0.3 is 14.8 Å². The Morgan fingerprint density at radius 1 is 1.25 bits per heavy atom. The summed E-state index contributed by atoms with van der Waals surface area (Å²) in [5, 5.41) is 12.5. The van der Waals surface area contributed by atoms with Gasteiger partial charge in [0.2, 0.25) is 0 Å². The van der Waals surface area contributed by atoms with Crippen molar-refractivity contribution in [1.29, 1.82) is 5.26 Å². The van der Waals surface area contributed by atoms with Gasteiger partial charge in [-0.05, 0) is 26.7 Å². The maximum absolute atomic E-state index is 9.00. The molecule has 4 heteroatoms. The molecule has 1 aliphatic carbocycles. The van der Waals surface area contributed by atoms with Crippen molar-refractivity contribution in [1.82, 2.24) is 5.32 Å². The molecular formula is C12H20N2O2. The van der Waals surface area contributed by atoms with Gasteiger partial charge in [0.05, 0.1) is 31.2 Å². The number of nitrogens with zero attached hydrogens (tertiary/aromatic N) is 1. The molecule has 16 heavy (non-hydrogen) atoms. The summed E-state index contributed by atoms with van der Waals surface area (Å²) in [6.07, 6.45) is 3.27.